The van der Waals surface area contributed by atoms with E-state index in [1.54, 1.807) is 24.3 Å². The van der Waals surface area contributed by atoms with Gasteiger partial charge in [0.25, 0.3) is 12.0 Å². The topological polar surface area (TPSA) is 115 Å². The zero-order valence-electron chi connectivity index (χ0n) is 27.8. The van der Waals surface area contributed by atoms with Gasteiger partial charge < -0.3 is 10.0 Å². The van der Waals surface area contributed by atoms with Crippen molar-refractivity contribution < 1.29 is 31.9 Å². The Balaban J connectivity index is 1.42. The van der Waals surface area contributed by atoms with Crippen molar-refractivity contribution in [3.05, 3.63) is 85.4 Å². The van der Waals surface area contributed by atoms with Gasteiger partial charge in [-0.3, -0.25) is 19.2 Å². The van der Waals surface area contributed by atoms with E-state index in [-0.39, 0.29) is 55.0 Å². The van der Waals surface area contributed by atoms with Crippen LogP contribution in [0.4, 0.5) is 27.6 Å². The van der Waals surface area contributed by atoms with E-state index in [2.05, 4.69) is 21.8 Å². The fraction of sp³-hybridized carbons (Fsp3) is 0.306. The summed E-state index contributed by atoms with van der Waals surface area (Å²) >= 11 is 7.54. The van der Waals surface area contributed by atoms with Crippen LogP contribution in [0, 0.1) is 30.1 Å². The Morgan fingerprint density at radius 3 is 2.46 bits per heavy atom. The van der Waals surface area contributed by atoms with Crippen molar-refractivity contribution in [3.63, 3.8) is 0 Å². The van der Waals surface area contributed by atoms with Gasteiger partial charge in [0.05, 0.1) is 55.6 Å². The molecule has 1 N–H and O–H groups in total. The number of carboxylic acid groups (broad SMARTS) is 1. The van der Waals surface area contributed by atoms with E-state index in [0.29, 0.717) is 31.9 Å². The number of carboxylic acids is 1. The summed E-state index contributed by atoms with van der Waals surface area (Å²) in [5.74, 6) is 4.89. The number of aromatic carboxylic acids is 1. The van der Waals surface area contributed by atoms with Crippen molar-refractivity contribution >= 4 is 55.7 Å². The summed E-state index contributed by atoms with van der Waals surface area (Å²) in [6.45, 7) is 3.75. The molecule has 0 unspecified atom stereocenters. The number of aryl methyl sites for hydroxylation is 1. The number of aromatic nitrogens is 3. The Bertz CT molecular complexity index is 2420. The Kier molecular flexibility index (Phi) is 9.74. The lowest BCUT2D eigenvalue weighted by Gasteiger charge is -2.44. The molecule has 1 aliphatic rings. The van der Waals surface area contributed by atoms with Crippen LogP contribution < -0.4 is 10.5 Å². The van der Waals surface area contributed by atoms with Gasteiger partial charge in [-0.05, 0) is 51.1 Å². The number of thiophene rings is 1. The van der Waals surface area contributed by atoms with Gasteiger partial charge in [-0.15, -0.1) is 11.3 Å². The second-order valence-corrected chi connectivity index (χ2v) is 13.9. The molecule has 1 aliphatic heterocycles. The summed E-state index contributed by atoms with van der Waals surface area (Å²) in [5.41, 5.74) is -2.68. The van der Waals surface area contributed by atoms with Crippen LogP contribution in [0.3, 0.4) is 0 Å². The third kappa shape index (κ3) is 6.56. The minimum Gasteiger partial charge on any atom is -0.478 e. The number of piperazine rings is 1. The summed E-state index contributed by atoms with van der Waals surface area (Å²) in [6, 6.07) is 9.22. The number of benzene rings is 2. The molecule has 0 saturated carbocycles. The Labute approximate surface area is 302 Å². The highest BCUT2D eigenvalue weighted by Gasteiger charge is 2.41. The normalized spacial score (nSPS) is 14.1. The number of fused-ring (bicyclic) bond motifs is 2. The van der Waals surface area contributed by atoms with Gasteiger partial charge >= 0.3 is 12.1 Å². The molecule has 9 nitrogen and oxygen atoms in total. The molecule has 16 heteroatoms. The standard InChI is InChI=1S/C36H28ClF5N6O3S/c1-19-45-27-16-26(36(40,41)42)30(46-11-13-47(14-12-46)35(2,3)34(38)39)24(17-43)28(27)32(49)48(19)10-4-5-20-6-7-21(37)15-23(20)22-8-9-44-29-25(33(50)51)18-52-31(22)29/h6-9,15-16,18,34H,10-14H2,1-3H3,(H,50,51). The second kappa shape index (κ2) is 13.8. The molecule has 0 amide bonds. The summed E-state index contributed by atoms with van der Waals surface area (Å²) in [6.07, 6.45) is -6.13. The number of anilines is 1. The third-order valence-electron chi connectivity index (χ3n) is 9.19. The highest BCUT2D eigenvalue weighted by Crippen LogP contribution is 2.42. The molecule has 5 aromatic rings. The molecule has 1 fully saturated rings. The molecule has 3 aromatic heterocycles. The fourth-order valence-corrected chi connectivity index (χ4v) is 7.52. The van der Waals surface area contributed by atoms with Gasteiger partial charge in [-0.2, -0.15) is 18.4 Å². The molecule has 0 atom stereocenters. The SMILES string of the molecule is Cc1nc2cc(C(F)(F)F)c(N3CCN(C(C)(C)C(F)F)CC3)c(C#N)c2c(=O)n1CC#Cc1ccc(Cl)cc1-c1ccnc2c(C(=O)O)csc12. The highest BCUT2D eigenvalue weighted by molar-refractivity contribution is 7.18. The molecule has 52 heavy (non-hydrogen) atoms. The number of hydrogen-bond acceptors (Lipinski definition) is 8. The second-order valence-electron chi connectivity index (χ2n) is 12.6. The number of hydrogen-bond donors (Lipinski definition) is 1. The molecular formula is C36H28ClF5N6O3S. The predicted molar refractivity (Wildman–Crippen MR) is 188 cm³/mol. The average Bonchev–Trinajstić information content (AvgIpc) is 3.54. The minimum absolute atomic E-state index is 0.00835. The molecule has 268 valence electrons. The first kappa shape index (κ1) is 36.7. The van der Waals surface area contributed by atoms with Gasteiger partial charge in [-0.25, -0.2) is 18.6 Å². The van der Waals surface area contributed by atoms with Crippen molar-refractivity contribution in [1.29, 1.82) is 5.26 Å². The quantitative estimate of drug-likeness (QED) is 0.141. The minimum atomic E-state index is -4.92. The van der Waals surface area contributed by atoms with Crippen LogP contribution in [-0.2, 0) is 12.7 Å². The first-order chi connectivity index (χ1) is 24.5. The summed E-state index contributed by atoms with van der Waals surface area (Å²) in [4.78, 5) is 37.0. The number of nitriles is 1. The average molecular weight is 755 g/mol. The van der Waals surface area contributed by atoms with E-state index in [1.807, 2.05) is 6.07 Å². The maximum absolute atomic E-state index is 14.5. The fourth-order valence-electron chi connectivity index (χ4n) is 6.32. The Morgan fingerprint density at radius 2 is 1.83 bits per heavy atom. The molecule has 0 aliphatic carbocycles. The number of halogens is 6. The number of pyridine rings is 1. The van der Waals surface area contributed by atoms with Gasteiger partial charge in [-0.1, -0.05) is 23.4 Å². The largest absolute Gasteiger partial charge is 0.478 e. The smallest absolute Gasteiger partial charge is 0.418 e. The lowest BCUT2D eigenvalue weighted by molar-refractivity contribution is -0.137. The number of rotatable bonds is 6. The number of nitrogens with zero attached hydrogens (tertiary/aromatic N) is 6. The van der Waals surface area contributed by atoms with Gasteiger partial charge in [0.15, 0.2) is 0 Å². The van der Waals surface area contributed by atoms with Crippen LogP contribution in [0.2, 0.25) is 5.02 Å². The van der Waals surface area contributed by atoms with Crippen molar-refractivity contribution in [1.82, 2.24) is 19.4 Å². The molecule has 2 aromatic carbocycles. The number of carbonyl (C=O) groups is 1. The van der Waals surface area contributed by atoms with Crippen LogP contribution in [0.15, 0.2) is 46.7 Å². The van der Waals surface area contributed by atoms with Crippen LogP contribution in [-0.4, -0.2) is 68.7 Å². The van der Waals surface area contributed by atoms with E-state index in [0.717, 1.165) is 10.6 Å². The maximum atomic E-state index is 14.5. The van der Waals surface area contributed by atoms with Crippen LogP contribution in [0.5, 0.6) is 0 Å². The molecule has 0 radical (unpaired) electrons. The van der Waals surface area contributed by atoms with E-state index >= 15 is 0 Å². The third-order valence-corrected chi connectivity index (χ3v) is 10.4. The van der Waals surface area contributed by atoms with E-state index in [1.165, 1.54) is 53.5 Å². The van der Waals surface area contributed by atoms with E-state index in [9.17, 15) is 41.9 Å². The number of alkyl halides is 5. The maximum Gasteiger partial charge on any atom is 0.418 e. The first-order valence-corrected chi connectivity index (χ1v) is 17.0. The molecule has 0 spiro atoms. The zero-order chi connectivity index (χ0) is 37.7. The predicted octanol–water partition coefficient (Wildman–Crippen LogP) is 7.44. The monoisotopic (exact) mass is 754 g/mol. The van der Waals surface area contributed by atoms with Crippen molar-refractivity contribution in [2.45, 2.75) is 45.5 Å². The van der Waals surface area contributed by atoms with Gasteiger partial charge in [0, 0.05) is 59.5 Å². The van der Waals surface area contributed by atoms with Crippen LogP contribution in [0.25, 0.3) is 32.2 Å². The molecule has 0 bridgehead atoms. The highest BCUT2D eigenvalue weighted by atomic mass is 35.5. The Morgan fingerprint density at radius 1 is 1.12 bits per heavy atom. The lowest BCUT2D eigenvalue weighted by Crippen LogP contribution is -2.57. The molecular weight excluding hydrogens is 727 g/mol. The summed E-state index contributed by atoms with van der Waals surface area (Å²) in [5, 5.41) is 21.4. The van der Waals surface area contributed by atoms with Crippen LogP contribution >= 0.6 is 22.9 Å². The summed E-state index contributed by atoms with van der Waals surface area (Å²) in [7, 11) is 0. The van der Waals surface area contributed by atoms with Crippen molar-refractivity contribution in [3.8, 4) is 29.0 Å². The molecule has 4 heterocycles. The van der Waals surface area contributed by atoms with Crippen molar-refractivity contribution in [2.24, 2.45) is 0 Å². The van der Waals surface area contributed by atoms with Gasteiger partial charge in [0.1, 0.15) is 11.9 Å². The lowest BCUT2D eigenvalue weighted by atomic mass is 9.98. The Hall–Kier alpha value is -5.09. The zero-order valence-corrected chi connectivity index (χ0v) is 29.3. The first-order valence-electron chi connectivity index (χ1n) is 15.8. The van der Waals surface area contributed by atoms with E-state index in [4.69, 9.17) is 11.6 Å². The molecule has 6 rings (SSSR count). The van der Waals surface area contributed by atoms with Gasteiger partial charge in [0.2, 0.25) is 0 Å². The summed E-state index contributed by atoms with van der Waals surface area (Å²) < 4.78 is 72.7. The van der Waals surface area contributed by atoms with E-state index < -0.39 is 46.5 Å². The molecule has 1 saturated heterocycles. The van der Waals surface area contributed by atoms with Crippen LogP contribution in [0.1, 0.15) is 46.7 Å². The van der Waals surface area contributed by atoms with Crippen molar-refractivity contribution in [2.75, 3.05) is 31.1 Å².